The van der Waals surface area contributed by atoms with Gasteiger partial charge >= 0.3 is 6.09 Å². The van der Waals surface area contributed by atoms with E-state index in [0.717, 1.165) is 6.42 Å². The summed E-state index contributed by atoms with van der Waals surface area (Å²) in [6.07, 6.45) is 0.299. The van der Waals surface area contributed by atoms with Crippen molar-refractivity contribution in [2.24, 2.45) is 0 Å². The fraction of sp³-hybridized carbons (Fsp3) is 0.500. The number of fused-ring (bicyclic) bond motifs is 1. The van der Waals surface area contributed by atoms with Gasteiger partial charge in [0.15, 0.2) is 11.5 Å². The molecule has 0 saturated heterocycles. The van der Waals surface area contributed by atoms with Gasteiger partial charge in [0.2, 0.25) is 0 Å². The van der Waals surface area contributed by atoms with E-state index in [4.69, 9.17) is 14.2 Å². The number of carbonyl (C=O) groups excluding carboxylic acids is 1. The lowest BCUT2D eigenvalue weighted by molar-refractivity contribution is 0.0635. The second-order valence-corrected chi connectivity index (χ2v) is 5.98. The molecule has 0 spiro atoms. The quantitative estimate of drug-likeness (QED) is 0.779. The first-order chi connectivity index (χ1) is 9.35. The molecule has 6 heteroatoms. The maximum absolute atomic E-state index is 11.8. The van der Waals surface area contributed by atoms with E-state index in [1.165, 1.54) is 0 Å². The molecule has 1 N–H and O–H groups in total. The molecule has 1 aromatic rings. The number of hydrogen-bond donors (Lipinski definition) is 2. The fourth-order valence-corrected chi connectivity index (χ4v) is 1.95. The number of amides is 1. The molecule has 1 aromatic carbocycles. The molecule has 1 aliphatic heterocycles. The van der Waals surface area contributed by atoms with Gasteiger partial charge < -0.3 is 14.2 Å². The van der Waals surface area contributed by atoms with E-state index in [1.54, 1.807) is 12.1 Å². The monoisotopic (exact) mass is 297 g/mol. The van der Waals surface area contributed by atoms with Crippen LogP contribution in [0.5, 0.6) is 11.5 Å². The summed E-state index contributed by atoms with van der Waals surface area (Å²) in [7, 11) is 0. The summed E-state index contributed by atoms with van der Waals surface area (Å²) in [4.78, 5) is 12.4. The predicted molar refractivity (Wildman–Crippen MR) is 79.2 cm³/mol. The Morgan fingerprint density at radius 2 is 1.85 bits per heavy atom. The lowest BCUT2D eigenvalue weighted by atomic mass is 10.2. The van der Waals surface area contributed by atoms with Crippen molar-refractivity contribution in [2.75, 3.05) is 18.5 Å². The number of anilines is 1. The molecule has 110 valence electrons. The highest BCUT2D eigenvalue weighted by atomic mass is 32.1. The van der Waals surface area contributed by atoms with Crippen LogP contribution < -0.4 is 14.8 Å². The Morgan fingerprint density at radius 3 is 2.45 bits per heavy atom. The van der Waals surface area contributed by atoms with Crippen LogP contribution in [0.3, 0.4) is 0 Å². The van der Waals surface area contributed by atoms with Gasteiger partial charge in [0.25, 0.3) is 0 Å². The molecule has 1 amide bonds. The fourth-order valence-electron chi connectivity index (χ4n) is 1.71. The zero-order chi connectivity index (χ0) is 14.8. The second-order valence-electron chi connectivity index (χ2n) is 5.49. The topological polar surface area (TPSA) is 56.8 Å². The molecule has 2 rings (SSSR count). The largest absolute Gasteiger partial charge is 0.490 e. The van der Waals surface area contributed by atoms with Crippen molar-refractivity contribution in [3.8, 4) is 11.5 Å². The second kappa shape index (κ2) is 5.83. The van der Waals surface area contributed by atoms with Crippen LogP contribution in [-0.2, 0) is 4.74 Å². The highest BCUT2D eigenvalue weighted by Crippen LogP contribution is 2.37. The van der Waals surface area contributed by atoms with E-state index in [0.29, 0.717) is 35.3 Å². The first kappa shape index (κ1) is 14.8. The SMILES string of the molecule is CC(C)(C)OC(=O)Nc1cc2c(cc1S)OCCCO2. The lowest BCUT2D eigenvalue weighted by Crippen LogP contribution is -2.27. The average Bonchev–Trinajstić information content (AvgIpc) is 2.52. The van der Waals surface area contributed by atoms with Crippen LogP contribution in [0.1, 0.15) is 27.2 Å². The van der Waals surface area contributed by atoms with Crippen molar-refractivity contribution in [1.29, 1.82) is 0 Å². The predicted octanol–water partition coefficient (Wildman–Crippen LogP) is 3.48. The van der Waals surface area contributed by atoms with E-state index >= 15 is 0 Å². The first-order valence-corrected chi connectivity index (χ1v) is 6.92. The summed E-state index contributed by atoms with van der Waals surface area (Å²) >= 11 is 4.35. The van der Waals surface area contributed by atoms with Gasteiger partial charge in [-0.3, -0.25) is 5.32 Å². The molecule has 0 radical (unpaired) electrons. The van der Waals surface area contributed by atoms with Crippen LogP contribution >= 0.6 is 12.6 Å². The van der Waals surface area contributed by atoms with Crippen molar-refractivity contribution in [2.45, 2.75) is 37.7 Å². The molecule has 0 atom stereocenters. The molecular formula is C14H19NO4S. The minimum absolute atomic E-state index is 0.526. The van der Waals surface area contributed by atoms with Crippen molar-refractivity contribution in [3.63, 3.8) is 0 Å². The number of carbonyl (C=O) groups is 1. The van der Waals surface area contributed by atoms with Crippen LogP contribution in [0.4, 0.5) is 10.5 Å². The number of hydrogen-bond acceptors (Lipinski definition) is 5. The minimum Gasteiger partial charge on any atom is -0.490 e. The first-order valence-electron chi connectivity index (χ1n) is 6.48. The normalized spacial score (nSPS) is 14.4. The highest BCUT2D eigenvalue weighted by Gasteiger charge is 2.19. The Balaban J connectivity index is 2.16. The maximum atomic E-state index is 11.8. The molecule has 0 aromatic heterocycles. The molecule has 0 saturated carbocycles. The number of nitrogens with one attached hydrogen (secondary N) is 1. The summed E-state index contributed by atoms with van der Waals surface area (Å²) in [5, 5.41) is 2.66. The summed E-state index contributed by atoms with van der Waals surface area (Å²) in [5.41, 5.74) is -0.0154. The van der Waals surface area contributed by atoms with E-state index in [2.05, 4.69) is 17.9 Å². The summed E-state index contributed by atoms with van der Waals surface area (Å²) in [5.74, 6) is 1.24. The number of ether oxygens (including phenoxy) is 3. The number of rotatable bonds is 1. The van der Waals surface area contributed by atoms with Crippen LogP contribution in [0.25, 0.3) is 0 Å². The standard InChI is InChI=1S/C14H19NO4S/c1-14(2,3)19-13(16)15-9-7-10-11(8-12(9)20)18-6-4-5-17-10/h7-8,20H,4-6H2,1-3H3,(H,15,16). The van der Waals surface area contributed by atoms with Gasteiger partial charge in [-0.25, -0.2) is 4.79 Å². The van der Waals surface area contributed by atoms with Crippen molar-refractivity contribution in [3.05, 3.63) is 12.1 Å². The summed E-state index contributed by atoms with van der Waals surface area (Å²) in [6.45, 7) is 6.62. The zero-order valence-corrected chi connectivity index (χ0v) is 12.8. The van der Waals surface area contributed by atoms with Crippen LogP contribution in [0, 0.1) is 0 Å². The van der Waals surface area contributed by atoms with Gasteiger partial charge in [-0.05, 0) is 26.8 Å². The Bertz CT molecular complexity index is 511. The Morgan fingerprint density at radius 1 is 1.25 bits per heavy atom. The van der Waals surface area contributed by atoms with Gasteiger partial charge in [0, 0.05) is 17.4 Å². The Labute approximate surface area is 124 Å². The Hall–Kier alpha value is -1.56. The number of benzene rings is 1. The molecule has 0 aliphatic carbocycles. The molecule has 0 unspecified atom stereocenters. The third-order valence-corrected chi connectivity index (χ3v) is 2.87. The van der Waals surface area contributed by atoms with E-state index in [-0.39, 0.29) is 0 Å². The lowest BCUT2D eigenvalue weighted by Gasteiger charge is -2.20. The van der Waals surface area contributed by atoms with Crippen LogP contribution in [0.15, 0.2) is 17.0 Å². The zero-order valence-electron chi connectivity index (χ0n) is 11.9. The third kappa shape index (κ3) is 3.96. The van der Waals surface area contributed by atoms with E-state index in [9.17, 15) is 4.79 Å². The molecule has 1 aliphatic rings. The van der Waals surface area contributed by atoms with Crippen molar-refractivity contribution >= 4 is 24.4 Å². The highest BCUT2D eigenvalue weighted by molar-refractivity contribution is 7.80. The van der Waals surface area contributed by atoms with Gasteiger partial charge in [0.1, 0.15) is 5.60 Å². The van der Waals surface area contributed by atoms with Crippen molar-refractivity contribution in [1.82, 2.24) is 0 Å². The van der Waals surface area contributed by atoms with E-state index < -0.39 is 11.7 Å². The van der Waals surface area contributed by atoms with Gasteiger partial charge in [-0.2, -0.15) is 0 Å². The molecule has 5 nitrogen and oxygen atoms in total. The average molecular weight is 297 g/mol. The van der Waals surface area contributed by atoms with E-state index in [1.807, 2.05) is 20.8 Å². The summed E-state index contributed by atoms with van der Waals surface area (Å²) in [6, 6.07) is 3.43. The Kier molecular flexibility index (Phi) is 4.32. The van der Waals surface area contributed by atoms with Gasteiger partial charge in [-0.15, -0.1) is 12.6 Å². The third-order valence-electron chi connectivity index (χ3n) is 2.50. The van der Waals surface area contributed by atoms with Gasteiger partial charge in [0.05, 0.1) is 18.9 Å². The van der Waals surface area contributed by atoms with Crippen LogP contribution in [-0.4, -0.2) is 24.9 Å². The summed E-state index contributed by atoms with van der Waals surface area (Å²) < 4.78 is 16.3. The van der Waals surface area contributed by atoms with Gasteiger partial charge in [-0.1, -0.05) is 0 Å². The molecule has 0 bridgehead atoms. The molecule has 1 heterocycles. The number of thiol groups is 1. The van der Waals surface area contributed by atoms with Crippen molar-refractivity contribution < 1.29 is 19.0 Å². The maximum Gasteiger partial charge on any atom is 0.412 e. The van der Waals surface area contributed by atoms with Crippen LogP contribution in [0.2, 0.25) is 0 Å². The molecule has 20 heavy (non-hydrogen) atoms. The minimum atomic E-state index is -0.549. The molecular weight excluding hydrogens is 278 g/mol. The smallest absolute Gasteiger partial charge is 0.412 e. The molecule has 0 fully saturated rings.